The van der Waals surface area contributed by atoms with Crippen LogP contribution in [0.1, 0.15) is 74.8 Å². The number of hydrogen-bond donors (Lipinski definition) is 2. The second-order valence-corrected chi connectivity index (χ2v) is 12.1. The third-order valence-corrected chi connectivity index (χ3v) is 8.14. The lowest BCUT2D eigenvalue weighted by Gasteiger charge is -2.13. The molecular formula is C23H29N5O2S. The predicted molar refractivity (Wildman–Crippen MR) is 121 cm³/mol. The zero-order chi connectivity index (χ0) is 21.8. The summed E-state index contributed by atoms with van der Waals surface area (Å²) >= 11 is 0. The Bertz CT molecular complexity index is 1240. The van der Waals surface area contributed by atoms with E-state index >= 15 is 0 Å². The SMILES string of the molecule is CC(C)(C)c1cnc(C2CCC(c3cc(Nc4ccc5c(c4)CN=S5(C)=O)n[nH]3)C2)o1. The molecule has 2 aliphatic rings. The van der Waals surface area contributed by atoms with Crippen LogP contribution >= 0.6 is 0 Å². The number of aromatic nitrogens is 3. The molecule has 1 aliphatic heterocycles. The number of aromatic amines is 1. The van der Waals surface area contributed by atoms with Gasteiger partial charge >= 0.3 is 0 Å². The molecule has 5 rings (SSSR count). The van der Waals surface area contributed by atoms with Gasteiger partial charge in [0.15, 0.2) is 11.7 Å². The first-order chi connectivity index (χ1) is 14.7. The van der Waals surface area contributed by atoms with Crippen molar-refractivity contribution in [2.24, 2.45) is 4.36 Å². The summed E-state index contributed by atoms with van der Waals surface area (Å²) in [6, 6.07) is 7.96. The van der Waals surface area contributed by atoms with E-state index in [1.807, 2.05) is 24.4 Å². The highest BCUT2D eigenvalue weighted by Crippen LogP contribution is 2.43. The monoisotopic (exact) mass is 439 g/mol. The number of nitrogens with one attached hydrogen (secondary N) is 2. The van der Waals surface area contributed by atoms with Gasteiger partial charge in [0.1, 0.15) is 5.76 Å². The maximum absolute atomic E-state index is 12.4. The smallest absolute Gasteiger partial charge is 0.197 e. The van der Waals surface area contributed by atoms with Crippen LogP contribution in [0.4, 0.5) is 11.5 Å². The lowest BCUT2D eigenvalue weighted by atomic mass is 9.94. The van der Waals surface area contributed by atoms with E-state index in [9.17, 15) is 4.21 Å². The summed E-state index contributed by atoms with van der Waals surface area (Å²) in [5.74, 6) is 3.37. The topological polar surface area (TPSA) is 96.2 Å². The van der Waals surface area contributed by atoms with E-state index in [-0.39, 0.29) is 5.41 Å². The van der Waals surface area contributed by atoms with Crippen molar-refractivity contribution in [3.8, 4) is 0 Å². The predicted octanol–water partition coefficient (Wildman–Crippen LogP) is 5.46. The second kappa shape index (κ2) is 7.22. The molecule has 8 heteroatoms. The van der Waals surface area contributed by atoms with Gasteiger partial charge in [0.05, 0.1) is 27.4 Å². The first-order valence-corrected chi connectivity index (χ1v) is 12.7. The Morgan fingerprint density at radius 2 is 2.00 bits per heavy atom. The Labute approximate surface area is 183 Å². The molecule has 0 radical (unpaired) electrons. The maximum Gasteiger partial charge on any atom is 0.197 e. The van der Waals surface area contributed by atoms with Crippen LogP contribution in [0, 0.1) is 0 Å². The number of oxazole rings is 1. The maximum atomic E-state index is 12.4. The standard InChI is InChI=1S/C23H29N5O2S/c1-23(2,3)20-13-24-22(30-20)15-6-5-14(9-15)18-11-21(28-27-18)26-17-7-8-19-16(10-17)12-25-31(19,4)29/h7-8,10-11,13-15H,5-6,9,12H2,1-4H3,(H2,26,27,28). The van der Waals surface area contributed by atoms with Gasteiger partial charge in [-0.2, -0.15) is 5.10 Å². The number of nitrogens with zero attached hydrogens (tertiary/aromatic N) is 3. The van der Waals surface area contributed by atoms with Crippen molar-refractivity contribution in [1.29, 1.82) is 0 Å². The molecule has 1 aromatic carbocycles. The molecule has 3 aromatic rings. The molecule has 3 atom stereocenters. The molecule has 3 heterocycles. The number of anilines is 2. The van der Waals surface area contributed by atoms with Crippen LogP contribution in [0.3, 0.4) is 0 Å². The second-order valence-electron chi connectivity index (χ2n) is 9.77. The van der Waals surface area contributed by atoms with E-state index in [0.717, 1.165) is 58.6 Å². The van der Waals surface area contributed by atoms with Crippen molar-refractivity contribution < 1.29 is 8.63 Å². The number of hydrogen-bond acceptors (Lipinski definition) is 6. The van der Waals surface area contributed by atoms with Crippen molar-refractivity contribution in [1.82, 2.24) is 15.2 Å². The molecule has 0 amide bonds. The molecule has 1 aliphatic carbocycles. The number of H-pyrrole nitrogens is 1. The van der Waals surface area contributed by atoms with Crippen LogP contribution in [0.15, 0.2) is 44.1 Å². The van der Waals surface area contributed by atoms with E-state index in [2.05, 4.69) is 51.7 Å². The Morgan fingerprint density at radius 1 is 1.19 bits per heavy atom. The van der Waals surface area contributed by atoms with E-state index in [4.69, 9.17) is 4.42 Å². The van der Waals surface area contributed by atoms with Crippen LogP contribution in [0.2, 0.25) is 0 Å². The zero-order valence-electron chi connectivity index (χ0n) is 18.4. The molecule has 7 nitrogen and oxygen atoms in total. The van der Waals surface area contributed by atoms with Gasteiger partial charge in [0.2, 0.25) is 0 Å². The van der Waals surface area contributed by atoms with Crippen LogP contribution in [-0.4, -0.2) is 25.6 Å². The Morgan fingerprint density at radius 3 is 2.77 bits per heavy atom. The minimum Gasteiger partial charge on any atom is -0.445 e. The molecule has 1 fully saturated rings. The fourth-order valence-electron chi connectivity index (χ4n) is 4.48. The highest BCUT2D eigenvalue weighted by Gasteiger charge is 2.32. The van der Waals surface area contributed by atoms with Crippen LogP contribution in [0.5, 0.6) is 0 Å². The van der Waals surface area contributed by atoms with Gasteiger partial charge in [-0.05, 0) is 43.0 Å². The molecule has 2 N–H and O–H groups in total. The molecule has 0 spiro atoms. The summed E-state index contributed by atoms with van der Waals surface area (Å²) < 4.78 is 22.7. The van der Waals surface area contributed by atoms with E-state index in [0.29, 0.717) is 18.4 Å². The van der Waals surface area contributed by atoms with Gasteiger partial charge in [-0.15, -0.1) is 0 Å². The van der Waals surface area contributed by atoms with E-state index in [1.54, 1.807) is 6.26 Å². The largest absolute Gasteiger partial charge is 0.445 e. The Balaban J connectivity index is 1.25. The van der Waals surface area contributed by atoms with Crippen molar-refractivity contribution in [3.05, 3.63) is 53.4 Å². The highest BCUT2D eigenvalue weighted by molar-refractivity contribution is 7.93. The van der Waals surface area contributed by atoms with Crippen LogP contribution < -0.4 is 5.32 Å². The minimum absolute atomic E-state index is 0.0214. The van der Waals surface area contributed by atoms with Crippen molar-refractivity contribution in [2.75, 3.05) is 11.6 Å². The normalized spacial score (nSPS) is 25.4. The molecule has 2 aromatic heterocycles. The third kappa shape index (κ3) is 3.89. The summed E-state index contributed by atoms with van der Waals surface area (Å²) in [4.78, 5) is 5.41. The van der Waals surface area contributed by atoms with Gasteiger partial charge < -0.3 is 9.73 Å². The summed E-state index contributed by atoms with van der Waals surface area (Å²) in [5.41, 5.74) is 3.07. The molecular weight excluding hydrogens is 410 g/mol. The quantitative estimate of drug-likeness (QED) is 0.563. The van der Waals surface area contributed by atoms with Crippen LogP contribution in [0.25, 0.3) is 0 Å². The fourth-order valence-corrected chi connectivity index (χ4v) is 5.94. The highest BCUT2D eigenvalue weighted by atomic mass is 32.2. The van der Waals surface area contributed by atoms with E-state index < -0.39 is 9.73 Å². The van der Waals surface area contributed by atoms with Gasteiger partial charge in [-0.3, -0.25) is 5.10 Å². The fraction of sp³-hybridized carbons (Fsp3) is 0.478. The first-order valence-electron chi connectivity index (χ1n) is 10.8. The molecule has 1 saturated carbocycles. The van der Waals surface area contributed by atoms with Crippen molar-refractivity contribution in [3.63, 3.8) is 0 Å². The van der Waals surface area contributed by atoms with Gasteiger partial charge in [0, 0.05) is 41.0 Å². The summed E-state index contributed by atoms with van der Waals surface area (Å²) in [7, 11) is -2.22. The number of benzene rings is 1. The minimum atomic E-state index is -2.22. The molecule has 3 unspecified atom stereocenters. The Kier molecular flexibility index (Phi) is 4.73. The third-order valence-electron chi connectivity index (χ3n) is 6.30. The van der Waals surface area contributed by atoms with E-state index in [1.165, 1.54) is 0 Å². The van der Waals surface area contributed by atoms with Gasteiger partial charge in [0.25, 0.3) is 0 Å². The lowest BCUT2D eigenvalue weighted by molar-refractivity contribution is 0.363. The van der Waals surface area contributed by atoms with Crippen molar-refractivity contribution >= 4 is 21.2 Å². The molecule has 0 saturated heterocycles. The van der Waals surface area contributed by atoms with Gasteiger partial charge in [-0.1, -0.05) is 20.8 Å². The summed E-state index contributed by atoms with van der Waals surface area (Å²) in [6.45, 7) is 6.94. The zero-order valence-corrected chi connectivity index (χ0v) is 19.3. The van der Waals surface area contributed by atoms with Crippen molar-refractivity contribution in [2.45, 2.75) is 68.7 Å². The number of rotatable bonds is 4. The first kappa shape index (κ1) is 20.3. The van der Waals surface area contributed by atoms with Crippen LogP contribution in [-0.2, 0) is 21.7 Å². The Hall–Kier alpha value is -2.61. The molecule has 164 valence electrons. The summed E-state index contributed by atoms with van der Waals surface area (Å²) in [5, 5.41) is 11.0. The van der Waals surface area contributed by atoms with Gasteiger partial charge in [-0.25, -0.2) is 13.6 Å². The average Bonchev–Trinajstić information content (AvgIpc) is 3.47. The lowest BCUT2D eigenvalue weighted by Crippen LogP contribution is -2.09. The average molecular weight is 440 g/mol. The molecule has 31 heavy (non-hydrogen) atoms. The summed E-state index contributed by atoms with van der Waals surface area (Å²) in [6.07, 6.45) is 6.74. The number of fused-ring (bicyclic) bond motifs is 1. The molecule has 0 bridgehead atoms.